The van der Waals surface area contributed by atoms with Crippen LogP contribution in [0, 0.1) is 6.92 Å². The maximum absolute atomic E-state index is 12.8. The number of benzene rings is 1. The van der Waals surface area contributed by atoms with E-state index in [4.69, 9.17) is 0 Å². The van der Waals surface area contributed by atoms with Gasteiger partial charge in [0, 0.05) is 20.8 Å². The fourth-order valence-corrected chi connectivity index (χ4v) is 3.34. The number of aryl methyl sites for hydroxylation is 2. The van der Waals surface area contributed by atoms with Crippen LogP contribution in [0.5, 0.6) is 0 Å². The summed E-state index contributed by atoms with van der Waals surface area (Å²) in [6.45, 7) is 3.99. The van der Waals surface area contributed by atoms with Crippen LogP contribution in [0.2, 0.25) is 0 Å². The van der Waals surface area contributed by atoms with Crippen LogP contribution in [0.4, 0.5) is 5.69 Å². The van der Waals surface area contributed by atoms with E-state index in [2.05, 4.69) is 42.2 Å². The van der Waals surface area contributed by atoms with Gasteiger partial charge in [-0.25, -0.2) is 4.98 Å². The summed E-state index contributed by atoms with van der Waals surface area (Å²) in [4.78, 5) is 17.4. The number of nitrogens with zero attached hydrogens (tertiary/aromatic N) is 2. The predicted octanol–water partition coefficient (Wildman–Crippen LogP) is 4.98. The molecule has 1 N–H and O–H groups in total. The quantitative estimate of drug-likeness (QED) is 0.629. The van der Waals surface area contributed by atoms with Crippen LogP contribution in [0.15, 0.2) is 45.5 Å². The molecule has 0 atom stereocenters. The van der Waals surface area contributed by atoms with E-state index in [0.717, 1.165) is 31.5 Å². The number of hydrogen-bond donors (Lipinski definition) is 1. The van der Waals surface area contributed by atoms with Gasteiger partial charge in [-0.3, -0.25) is 9.20 Å². The van der Waals surface area contributed by atoms with E-state index in [9.17, 15) is 4.79 Å². The minimum atomic E-state index is -0.158. The number of amides is 1. The number of aromatic nitrogens is 2. The molecule has 0 bridgehead atoms. The fraction of sp³-hybridized carbons (Fsp3) is 0.176. The normalized spacial score (nSPS) is 11.0. The van der Waals surface area contributed by atoms with Crippen molar-refractivity contribution in [1.29, 1.82) is 0 Å². The van der Waals surface area contributed by atoms with Crippen molar-refractivity contribution < 1.29 is 4.79 Å². The lowest BCUT2D eigenvalue weighted by atomic mass is 10.2. The molecule has 3 rings (SSSR count). The summed E-state index contributed by atoms with van der Waals surface area (Å²) in [5, 5.41) is 2.94. The van der Waals surface area contributed by atoms with Crippen molar-refractivity contribution >= 4 is 49.1 Å². The van der Waals surface area contributed by atoms with Gasteiger partial charge >= 0.3 is 0 Å². The van der Waals surface area contributed by atoms with Gasteiger partial charge in [0.25, 0.3) is 5.91 Å². The molecule has 23 heavy (non-hydrogen) atoms. The fourth-order valence-electron chi connectivity index (χ4n) is 2.53. The number of fused-ring (bicyclic) bond motifs is 1. The van der Waals surface area contributed by atoms with E-state index in [-0.39, 0.29) is 5.91 Å². The zero-order valence-electron chi connectivity index (χ0n) is 12.7. The van der Waals surface area contributed by atoms with E-state index in [1.165, 1.54) is 0 Å². The number of carbonyl (C=O) groups excluding carboxylic acids is 1. The standard InChI is InChI=1S/C17H15Br2N3O/c1-3-14-15(17(23)20-13-6-4-11(18)5-7-13)22-9-12(19)8-10(2)16(22)21-14/h4-9H,3H2,1-2H3,(H,20,23). The molecule has 118 valence electrons. The highest BCUT2D eigenvalue weighted by atomic mass is 79.9. The molecule has 0 aliphatic rings. The molecule has 2 heterocycles. The average molecular weight is 437 g/mol. The first-order chi connectivity index (χ1) is 11.0. The number of nitrogens with one attached hydrogen (secondary N) is 1. The molecule has 6 heteroatoms. The first kappa shape index (κ1) is 16.2. The molecule has 1 amide bonds. The maximum atomic E-state index is 12.8. The van der Waals surface area contributed by atoms with E-state index >= 15 is 0 Å². The van der Waals surface area contributed by atoms with Crippen molar-refractivity contribution in [3.63, 3.8) is 0 Å². The Morgan fingerprint density at radius 2 is 1.91 bits per heavy atom. The van der Waals surface area contributed by atoms with Crippen LogP contribution < -0.4 is 5.32 Å². The maximum Gasteiger partial charge on any atom is 0.274 e. The molecule has 0 radical (unpaired) electrons. The zero-order chi connectivity index (χ0) is 16.6. The van der Waals surface area contributed by atoms with Crippen molar-refractivity contribution in [2.24, 2.45) is 0 Å². The smallest absolute Gasteiger partial charge is 0.274 e. The molecule has 4 nitrogen and oxygen atoms in total. The van der Waals surface area contributed by atoms with Gasteiger partial charge in [-0.15, -0.1) is 0 Å². The van der Waals surface area contributed by atoms with Crippen LogP contribution >= 0.6 is 31.9 Å². The first-order valence-electron chi connectivity index (χ1n) is 7.23. The molecule has 2 aromatic heterocycles. The molecule has 3 aromatic rings. The van der Waals surface area contributed by atoms with Gasteiger partial charge in [0.2, 0.25) is 0 Å². The second-order valence-corrected chi connectivity index (χ2v) is 7.09. The Balaban J connectivity index is 2.07. The van der Waals surface area contributed by atoms with Crippen molar-refractivity contribution in [2.75, 3.05) is 5.32 Å². The monoisotopic (exact) mass is 435 g/mol. The van der Waals surface area contributed by atoms with Gasteiger partial charge in [-0.1, -0.05) is 22.9 Å². The van der Waals surface area contributed by atoms with Crippen LogP contribution in [-0.4, -0.2) is 15.3 Å². The van der Waals surface area contributed by atoms with Crippen LogP contribution in [0.25, 0.3) is 5.65 Å². The Kier molecular flexibility index (Phi) is 4.55. The zero-order valence-corrected chi connectivity index (χ0v) is 15.9. The Hall–Kier alpha value is -1.66. The number of pyridine rings is 1. The first-order valence-corrected chi connectivity index (χ1v) is 8.82. The van der Waals surface area contributed by atoms with Gasteiger partial charge in [-0.2, -0.15) is 0 Å². The molecule has 0 aliphatic carbocycles. The average Bonchev–Trinajstić information content (AvgIpc) is 2.88. The van der Waals surface area contributed by atoms with Crippen molar-refractivity contribution in [3.05, 3.63) is 62.4 Å². The van der Waals surface area contributed by atoms with E-state index in [1.54, 1.807) is 0 Å². The predicted molar refractivity (Wildman–Crippen MR) is 99.1 cm³/mol. The Bertz CT molecular complexity index is 885. The van der Waals surface area contributed by atoms with Gasteiger partial charge in [0.1, 0.15) is 11.3 Å². The number of imidazole rings is 1. The van der Waals surface area contributed by atoms with E-state index < -0.39 is 0 Å². The summed E-state index contributed by atoms with van der Waals surface area (Å²) >= 11 is 6.88. The molecular formula is C17H15Br2N3O. The molecule has 0 aliphatic heterocycles. The van der Waals surface area contributed by atoms with Gasteiger partial charge in [0.15, 0.2) is 0 Å². The third-order valence-electron chi connectivity index (χ3n) is 3.59. The minimum Gasteiger partial charge on any atom is -0.321 e. The molecule has 0 fully saturated rings. The number of hydrogen-bond acceptors (Lipinski definition) is 2. The van der Waals surface area contributed by atoms with Crippen molar-refractivity contribution in [2.45, 2.75) is 20.3 Å². The van der Waals surface area contributed by atoms with Crippen LogP contribution in [0.3, 0.4) is 0 Å². The number of rotatable bonds is 3. The van der Waals surface area contributed by atoms with E-state index in [1.807, 2.05) is 54.8 Å². The summed E-state index contributed by atoms with van der Waals surface area (Å²) in [6.07, 6.45) is 2.58. The van der Waals surface area contributed by atoms with Gasteiger partial charge in [0.05, 0.1) is 5.69 Å². The summed E-state index contributed by atoms with van der Waals surface area (Å²) < 4.78 is 3.74. The summed E-state index contributed by atoms with van der Waals surface area (Å²) in [6, 6.07) is 9.51. The Morgan fingerprint density at radius 3 is 2.57 bits per heavy atom. The number of anilines is 1. The van der Waals surface area contributed by atoms with Crippen molar-refractivity contribution in [3.8, 4) is 0 Å². The SMILES string of the molecule is CCc1nc2c(C)cc(Br)cn2c1C(=O)Nc1ccc(Br)cc1. The Morgan fingerprint density at radius 1 is 1.22 bits per heavy atom. The summed E-state index contributed by atoms with van der Waals surface area (Å²) in [5.74, 6) is -0.158. The summed E-state index contributed by atoms with van der Waals surface area (Å²) in [7, 11) is 0. The summed E-state index contributed by atoms with van der Waals surface area (Å²) in [5.41, 5.74) is 3.96. The number of halogens is 2. The molecule has 1 aromatic carbocycles. The van der Waals surface area contributed by atoms with Gasteiger partial charge in [-0.05, 0) is 65.2 Å². The second kappa shape index (κ2) is 6.45. The third kappa shape index (κ3) is 3.19. The molecule has 0 saturated carbocycles. The lowest BCUT2D eigenvalue weighted by molar-refractivity contribution is 0.102. The molecule has 0 spiro atoms. The second-order valence-electron chi connectivity index (χ2n) is 5.26. The number of carbonyl (C=O) groups is 1. The van der Waals surface area contributed by atoms with Crippen molar-refractivity contribution in [1.82, 2.24) is 9.38 Å². The van der Waals surface area contributed by atoms with Crippen LogP contribution in [-0.2, 0) is 6.42 Å². The highest BCUT2D eigenvalue weighted by Gasteiger charge is 2.19. The van der Waals surface area contributed by atoms with E-state index in [0.29, 0.717) is 12.1 Å². The minimum absolute atomic E-state index is 0.158. The third-order valence-corrected chi connectivity index (χ3v) is 4.56. The Labute approximate surface area is 151 Å². The molecular weight excluding hydrogens is 422 g/mol. The largest absolute Gasteiger partial charge is 0.321 e. The lowest BCUT2D eigenvalue weighted by Gasteiger charge is -2.07. The highest BCUT2D eigenvalue weighted by molar-refractivity contribution is 9.10. The van der Waals surface area contributed by atoms with Gasteiger partial charge < -0.3 is 5.32 Å². The lowest BCUT2D eigenvalue weighted by Crippen LogP contribution is -2.16. The molecule has 0 unspecified atom stereocenters. The highest BCUT2D eigenvalue weighted by Crippen LogP contribution is 2.22. The van der Waals surface area contributed by atoms with Crippen LogP contribution in [0.1, 0.15) is 28.7 Å². The molecule has 0 saturated heterocycles. The topological polar surface area (TPSA) is 46.4 Å².